The number of aliphatic imine (C=N–C) groups is 1. The first kappa shape index (κ1) is 22.1. The largest absolute Gasteiger partial charge is 0.369 e. The molecule has 0 unspecified atom stereocenters. The van der Waals surface area contributed by atoms with E-state index in [1.807, 2.05) is 11.8 Å². The minimum absolute atomic E-state index is 0.0855. The van der Waals surface area contributed by atoms with Crippen LogP contribution in [0.2, 0.25) is 0 Å². The molecule has 0 saturated carbocycles. The molecule has 0 bridgehead atoms. The Morgan fingerprint density at radius 2 is 1.96 bits per heavy atom. The minimum Gasteiger partial charge on any atom is -0.369 e. The van der Waals surface area contributed by atoms with Gasteiger partial charge in [-0.25, -0.2) is 0 Å². The van der Waals surface area contributed by atoms with Gasteiger partial charge < -0.3 is 21.3 Å². The van der Waals surface area contributed by atoms with Crippen molar-refractivity contribution in [2.24, 2.45) is 16.6 Å². The quantitative estimate of drug-likeness (QED) is 0.309. The van der Waals surface area contributed by atoms with Gasteiger partial charge in [0.15, 0.2) is 5.96 Å². The maximum absolute atomic E-state index is 11.2. The van der Waals surface area contributed by atoms with E-state index >= 15 is 0 Å². The molecule has 146 valence electrons. The van der Waals surface area contributed by atoms with E-state index in [9.17, 15) is 4.79 Å². The van der Waals surface area contributed by atoms with E-state index in [0.717, 1.165) is 70.9 Å². The number of primary amides is 1. The number of likely N-dealkylation sites (tertiary alicyclic amines) is 1. The van der Waals surface area contributed by atoms with Crippen LogP contribution in [0, 0.1) is 5.92 Å². The molecule has 7 heteroatoms. The van der Waals surface area contributed by atoms with Crippen LogP contribution in [0.25, 0.3) is 0 Å². The van der Waals surface area contributed by atoms with E-state index in [-0.39, 0.29) is 16.6 Å². The van der Waals surface area contributed by atoms with Gasteiger partial charge in [-0.1, -0.05) is 0 Å². The Hall–Kier alpha value is -0.950. The highest BCUT2D eigenvalue weighted by Crippen LogP contribution is 2.21. The zero-order chi connectivity index (χ0) is 18.7. The molecule has 1 rings (SSSR count). The van der Waals surface area contributed by atoms with E-state index in [0.29, 0.717) is 0 Å². The normalized spacial score (nSPS) is 17.5. The van der Waals surface area contributed by atoms with Gasteiger partial charge in [-0.15, -0.1) is 0 Å². The Morgan fingerprint density at radius 3 is 2.52 bits per heavy atom. The van der Waals surface area contributed by atoms with E-state index < -0.39 is 0 Å². The number of rotatable bonds is 10. The number of nitrogens with two attached hydrogens (primary N) is 1. The molecule has 0 aromatic heterocycles. The molecular weight excluding hydrogens is 334 g/mol. The summed E-state index contributed by atoms with van der Waals surface area (Å²) in [5.74, 6) is 0.859. The zero-order valence-corrected chi connectivity index (χ0v) is 17.3. The lowest BCUT2D eigenvalue weighted by Gasteiger charge is -2.30. The summed E-state index contributed by atoms with van der Waals surface area (Å²) >= 11 is 1.84. The van der Waals surface area contributed by atoms with Crippen LogP contribution in [-0.4, -0.2) is 67.0 Å². The molecule has 0 spiro atoms. The van der Waals surface area contributed by atoms with Gasteiger partial charge >= 0.3 is 0 Å². The first-order chi connectivity index (χ1) is 11.9. The first-order valence-electron chi connectivity index (χ1n) is 9.47. The standard InChI is InChI=1S/C18H37N5OS/c1-5-20-17(22-14-18(2,3)25-4)21-10-6-7-11-23-12-8-15(9-13-23)16(19)24/h15H,5-14H2,1-4H3,(H2,19,24)(H2,20,21,22). The number of hydrogen-bond donors (Lipinski definition) is 3. The molecule has 1 aliphatic rings. The van der Waals surface area contributed by atoms with Crippen LogP contribution in [0.3, 0.4) is 0 Å². The lowest BCUT2D eigenvalue weighted by Crippen LogP contribution is -2.40. The number of unbranched alkanes of at least 4 members (excludes halogenated alkanes) is 1. The summed E-state index contributed by atoms with van der Waals surface area (Å²) in [5.41, 5.74) is 5.38. The topological polar surface area (TPSA) is 82.8 Å². The van der Waals surface area contributed by atoms with Crippen molar-refractivity contribution in [3.05, 3.63) is 0 Å². The van der Waals surface area contributed by atoms with Crippen molar-refractivity contribution in [3.8, 4) is 0 Å². The van der Waals surface area contributed by atoms with E-state index in [1.54, 1.807) is 0 Å². The highest BCUT2D eigenvalue weighted by atomic mass is 32.2. The summed E-state index contributed by atoms with van der Waals surface area (Å²) < 4.78 is 0.166. The molecule has 0 aromatic rings. The number of nitrogens with one attached hydrogen (secondary N) is 2. The molecule has 0 aliphatic carbocycles. The van der Waals surface area contributed by atoms with Gasteiger partial charge in [0.05, 0.1) is 6.54 Å². The SMILES string of the molecule is CCNC(=NCC(C)(C)SC)NCCCCN1CCC(C(N)=O)CC1. The minimum atomic E-state index is -0.135. The number of carbonyl (C=O) groups excluding carboxylic acids is 1. The van der Waals surface area contributed by atoms with E-state index in [4.69, 9.17) is 5.73 Å². The van der Waals surface area contributed by atoms with Crippen LogP contribution in [0.1, 0.15) is 46.5 Å². The average Bonchev–Trinajstić information content (AvgIpc) is 2.59. The van der Waals surface area contributed by atoms with Crippen molar-refractivity contribution >= 4 is 23.6 Å². The molecule has 25 heavy (non-hydrogen) atoms. The maximum atomic E-state index is 11.2. The van der Waals surface area contributed by atoms with Crippen molar-refractivity contribution in [1.29, 1.82) is 0 Å². The molecule has 0 aromatic carbocycles. The number of piperidine rings is 1. The van der Waals surface area contributed by atoms with Crippen molar-refractivity contribution in [2.45, 2.75) is 51.2 Å². The molecule has 6 nitrogen and oxygen atoms in total. The third-order valence-electron chi connectivity index (χ3n) is 4.70. The fraction of sp³-hybridized carbons (Fsp3) is 0.889. The van der Waals surface area contributed by atoms with Crippen LogP contribution in [0.4, 0.5) is 0 Å². The summed E-state index contributed by atoms with van der Waals surface area (Å²) in [4.78, 5) is 18.3. The van der Waals surface area contributed by atoms with Crippen LogP contribution in [0.15, 0.2) is 4.99 Å². The van der Waals surface area contributed by atoms with Crippen molar-refractivity contribution in [3.63, 3.8) is 0 Å². The van der Waals surface area contributed by atoms with Crippen molar-refractivity contribution in [2.75, 3.05) is 45.5 Å². The molecule has 1 amide bonds. The second-order valence-corrected chi connectivity index (χ2v) is 8.82. The number of thioether (sulfide) groups is 1. The van der Waals surface area contributed by atoms with Gasteiger partial charge in [0.2, 0.25) is 5.91 Å². The summed E-state index contributed by atoms with van der Waals surface area (Å²) in [6.45, 7) is 12.2. The van der Waals surface area contributed by atoms with Gasteiger partial charge in [0.25, 0.3) is 0 Å². The van der Waals surface area contributed by atoms with Gasteiger partial charge in [-0.05, 0) is 72.3 Å². The van der Waals surface area contributed by atoms with Crippen LogP contribution < -0.4 is 16.4 Å². The molecule has 0 atom stereocenters. The fourth-order valence-corrected chi connectivity index (χ4v) is 2.98. The third-order valence-corrected chi connectivity index (χ3v) is 5.93. The maximum Gasteiger partial charge on any atom is 0.220 e. The highest BCUT2D eigenvalue weighted by Gasteiger charge is 2.22. The average molecular weight is 372 g/mol. The predicted molar refractivity (Wildman–Crippen MR) is 109 cm³/mol. The predicted octanol–water partition coefficient (Wildman–Crippen LogP) is 1.66. The van der Waals surface area contributed by atoms with Gasteiger partial charge in [-0.2, -0.15) is 11.8 Å². The molecule has 1 saturated heterocycles. The number of amides is 1. The smallest absolute Gasteiger partial charge is 0.220 e. The van der Waals surface area contributed by atoms with Crippen molar-refractivity contribution in [1.82, 2.24) is 15.5 Å². The van der Waals surface area contributed by atoms with E-state index in [2.05, 4.69) is 47.6 Å². The summed E-state index contributed by atoms with van der Waals surface area (Å²) in [6, 6.07) is 0. The van der Waals surface area contributed by atoms with Crippen LogP contribution in [-0.2, 0) is 4.79 Å². The fourth-order valence-electron chi connectivity index (χ4n) is 2.78. The number of guanidine groups is 1. The lowest BCUT2D eigenvalue weighted by molar-refractivity contribution is -0.123. The summed E-state index contributed by atoms with van der Waals surface area (Å²) in [5, 5.41) is 6.74. The van der Waals surface area contributed by atoms with Gasteiger partial charge in [-0.3, -0.25) is 9.79 Å². The summed E-state index contributed by atoms with van der Waals surface area (Å²) in [7, 11) is 0. The monoisotopic (exact) mass is 371 g/mol. The first-order valence-corrected chi connectivity index (χ1v) is 10.7. The number of hydrogen-bond acceptors (Lipinski definition) is 4. The zero-order valence-electron chi connectivity index (χ0n) is 16.4. The Balaban J connectivity index is 2.20. The Kier molecular flexibility index (Phi) is 10.3. The van der Waals surface area contributed by atoms with Gasteiger partial charge in [0, 0.05) is 23.8 Å². The molecule has 4 N–H and O–H groups in total. The number of carbonyl (C=O) groups is 1. The lowest BCUT2D eigenvalue weighted by atomic mass is 9.96. The number of nitrogens with zero attached hydrogens (tertiary/aromatic N) is 2. The Morgan fingerprint density at radius 1 is 1.28 bits per heavy atom. The van der Waals surface area contributed by atoms with Crippen LogP contribution >= 0.6 is 11.8 Å². The highest BCUT2D eigenvalue weighted by molar-refractivity contribution is 7.99. The van der Waals surface area contributed by atoms with Crippen LogP contribution in [0.5, 0.6) is 0 Å². The van der Waals surface area contributed by atoms with Gasteiger partial charge in [0.1, 0.15) is 0 Å². The third kappa shape index (κ3) is 9.35. The van der Waals surface area contributed by atoms with E-state index in [1.165, 1.54) is 0 Å². The second kappa shape index (κ2) is 11.6. The van der Waals surface area contributed by atoms with Crippen molar-refractivity contribution < 1.29 is 4.79 Å². The molecule has 1 fully saturated rings. The Labute approximate surface area is 157 Å². The molecular formula is C18H37N5OS. The second-order valence-electron chi connectivity index (χ2n) is 7.31. The Bertz CT molecular complexity index is 420. The molecule has 1 heterocycles. The summed E-state index contributed by atoms with van der Waals surface area (Å²) in [6.07, 6.45) is 6.23. The molecule has 1 aliphatic heterocycles. The molecule has 0 radical (unpaired) electrons.